The van der Waals surface area contributed by atoms with Crippen molar-refractivity contribution in [2.24, 2.45) is 17.6 Å². The molecular formula is C23H20BrClN4O4. The van der Waals surface area contributed by atoms with Crippen LogP contribution in [0.25, 0.3) is 0 Å². The Morgan fingerprint density at radius 3 is 2.67 bits per heavy atom. The number of carbonyl (C=O) groups excluding carboxylic acids is 4. The zero-order chi connectivity index (χ0) is 23.7. The van der Waals surface area contributed by atoms with E-state index < -0.39 is 47.0 Å². The highest BCUT2D eigenvalue weighted by Crippen LogP contribution is 2.55. The van der Waals surface area contributed by atoms with Crippen LogP contribution in [0.3, 0.4) is 0 Å². The predicted molar refractivity (Wildman–Crippen MR) is 125 cm³/mol. The molecule has 170 valence electrons. The van der Waals surface area contributed by atoms with Gasteiger partial charge in [-0.2, -0.15) is 0 Å². The van der Waals surface area contributed by atoms with Crippen LogP contribution in [0.5, 0.6) is 0 Å². The van der Waals surface area contributed by atoms with Crippen molar-refractivity contribution in [3.63, 3.8) is 0 Å². The van der Waals surface area contributed by atoms with E-state index in [2.05, 4.69) is 26.6 Å². The SMILES string of the molecule is Cc1c(Cl)ccc2c1NC(=O)[C@]21N[C@H](CCC(N)=O)[C@H]2C(=O)N(c3cccc(Br)c3)C(=O)[C@H]21. The average Bonchev–Trinajstić information content (AvgIpc) is 3.34. The lowest BCUT2D eigenvalue weighted by atomic mass is 9.76. The third-order valence-corrected chi connectivity index (χ3v) is 7.76. The molecule has 8 nitrogen and oxygen atoms in total. The van der Waals surface area contributed by atoms with Gasteiger partial charge in [-0.25, -0.2) is 4.90 Å². The summed E-state index contributed by atoms with van der Waals surface area (Å²) in [5.74, 6) is -3.63. The van der Waals surface area contributed by atoms with Gasteiger partial charge in [0.2, 0.25) is 23.6 Å². The first-order valence-electron chi connectivity index (χ1n) is 10.5. The van der Waals surface area contributed by atoms with Crippen LogP contribution in [0.4, 0.5) is 11.4 Å². The fourth-order valence-electron chi connectivity index (χ4n) is 5.41. The zero-order valence-electron chi connectivity index (χ0n) is 17.5. The Morgan fingerprint density at radius 2 is 1.97 bits per heavy atom. The van der Waals surface area contributed by atoms with E-state index in [1.54, 1.807) is 43.3 Å². The normalized spacial score (nSPS) is 27.8. The van der Waals surface area contributed by atoms with E-state index in [-0.39, 0.29) is 12.8 Å². The summed E-state index contributed by atoms with van der Waals surface area (Å²) in [7, 11) is 0. The average molecular weight is 532 g/mol. The van der Waals surface area contributed by atoms with Gasteiger partial charge in [-0.15, -0.1) is 0 Å². The fourth-order valence-corrected chi connectivity index (χ4v) is 5.95. The van der Waals surface area contributed by atoms with Crippen molar-refractivity contribution in [2.75, 3.05) is 10.2 Å². The van der Waals surface area contributed by atoms with E-state index in [1.807, 2.05) is 0 Å². The van der Waals surface area contributed by atoms with Crippen LogP contribution in [-0.2, 0) is 24.7 Å². The number of nitrogens with one attached hydrogen (secondary N) is 2. The number of halogens is 2. The smallest absolute Gasteiger partial charge is 0.250 e. The third-order valence-electron chi connectivity index (χ3n) is 6.85. The molecule has 0 unspecified atom stereocenters. The number of benzene rings is 2. The minimum absolute atomic E-state index is 0.0173. The zero-order valence-corrected chi connectivity index (χ0v) is 19.9. The van der Waals surface area contributed by atoms with E-state index in [0.29, 0.717) is 32.0 Å². The Balaban J connectivity index is 1.67. The maximum absolute atomic E-state index is 13.8. The molecule has 2 fully saturated rings. The summed E-state index contributed by atoms with van der Waals surface area (Å²) in [6, 6.07) is 9.68. The van der Waals surface area contributed by atoms with E-state index in [4.69, 9.17) is 17.3 Å². The van der Waals surface area contributed by atoms with E-state index in [9.17, 15) is 19.2 Å². The standard InChI is InChI=1S/C23H20BrClN4O4/c1-10-14(25)6-5-13-19(10)27-22(33)23(13)18-17(15(28-23)7-8-16(26)30)20(31)29(21(18)32)12-4-2-3-11(24)9-12/h2-6,9,15,17-18,28H,7-8H2,1H3,(H2,26,30)(H,27,33)/t15-,17-,18+,23+/m1/s1. The van der Waals surface area contributed by atoms with Gasteiger partial charge in [0, 0.05) is 27.5 Å². The largest absolute Gasteiger partial charge is 0.370 e. The molecule has 2 aromatic rings. The van der Waals surface area contributed by atoms with Crippen LogP contribution in [-0.4, -0.2) is 29.7 Å². The van der Waals surface area contributed by atoms with E-state index >= 15 is 0 Å². The van der Waals surface area contributed by atoms with Crippen molar-refractivity contribution in [3.05, 3.63) is 57.0 Å². The molecule has 0 saturated carbocycles. The number of nitrogens with two attached hydrogens (primary N) is 1. The van der Waals surface area contributed by atoms with Crippen LogP contribution in [0.1, 0.15) is 24.0 Å². The van der Waals surface area contributed by atoms with Crippen molar-refractivity contribution < 1.29 is 19.2 Å². The Hall–Kier alpha value is -2.75. The number of rotatable bonds is 4. The molecule has 3 aliphatic rings. The van der Waals surface area contributed by atoms with Crippen LogP contribution in [0.15, 0.2) is 40.9 Å². The lowest BCUT2D eigenvalue weighted by Crippen LogP contribution is -2.53. The fraction of sp³-hybridized carbons (Fsp3) is 0.304. The molecule has 33 heavy (non-hydrogen) atoms. The summed E-state index contributed by atoms with van der Waals surface area (Å²) < 4.78 is 0.713. The number of primary amides is 1. The van der Waals surface area contributed by atoms with E-state index in [1.165, 1.54) is 0 Å². The Labute approximate surface area is 203 Å². The van der Waals surface area contributed by atoms with Crippen molar-refractivity contribution in [1.29, 1.82) is 0 Å². The molecule has 1 spiro atoms. The number of amides is 4. The number of carbonyl (C=O) groups is 4. The van der Waals surface area contributed by atoms with Gasteiger partial charge >= 0.3 is 0 Å². The molecule has 0 aromatic heterocycles. The summed E-state index contributed by atoms with van der Waals surface area (Å²) in [4.78, 5) is 53.6. The maximum Gasteiger partial charge on any atom is 0.250 e. The Morgan fingerprint density at radius 1 is 1.21 bits per heavy atom. The molecule has 0 aliphatic carbocycles. The number of fused-ring (bicyclic) bond motifs is 4. The summed E-state index contributed by atoms with van der Waals surface area (Å²) >= 11 is 9.65. The summed E-state index contributed by atoms with van der Waals surface area (Å²) in [5.41, 5.74) is 6.12. The molecular weight excluding hydrogens is 512 g/mol. The minimum Gasteiger partial charge on any atom is -0.370 e. The lowest BCUT2D eigenvalue weighted by molar-refractivity contribution is -0.130. The highest BCUT2D eigenvalue weighted by Gasteiger charge is 2.70. The summed E-state index contributed by atoms with van der Waals surface area (Å²) in [6.45, 7) is 1.78. The first-order chi connectivity index (χ1) is 15.7. The molecule has 4 amide bonds. The van der Waals surface area contributed by atoms with Gasteiger partial charge in [0.1, 0.15) is 5.54 Å². The third kappa shape index (κ3) is 3.06. The Kier molecular flexibility index (Phi) is 5.11. The van der Waals surface area contributed by atoms with Gasteiger partial charge in [-0.3, -0.25) is 24.5 Å². The van der Waals surface area contributed by atoms with Gasteiger partial charge in [0.15, 0.2) is 0 Å². The summed E-state index contributed by atoms with van der Waals surface area (Å²) in [5, 5.41) is 6.63. The molecule has 4 atom stereocenters. The summed E-state index contributed by atoms with van der Waals surface area (Å²) in [6.07, 6.45) is 0.238. The van der Waals surface area contributed by atoms with Gasteiger partial charge < -0.3 is 11.1 Å². The highest BCUT2D eigenvalue weighted by molar-refractivity contribution is 9.10. The highest BCUT2D eigenvalue weighted by atomic mass is 79.9. The number of hydrogen-bond donors (Lipinski definition) is 3. The molecule has 0 bridgehead atoms. The van der Waals surface area contributed by atoms with Crippen molar-refractivity contribution in [3.8, 4) is 0 Å². The second-order valence-corrected chi connectivity index (χ2v) is 9.93. The molecule has 4 N–H and O–H groups in total. The predicted octanol–water partition coefficient (Wildman–Crippen LogP) is 2.60. The van der Waals surface area contributed by atoms with Crippen molar-refractivity contribution >= 4 is 62.5 Å². The van der Waals surface area contributed by atoms with Crippen molar-refractivity contribution in [2.45, 2.75) is 31.3 Å². The molecule has 5 rings (SSSR count). The molecule has 3 aliphatic heterocycles. The van der Waals surface area contributed by atoms with Crippen molar-refractivity contribution in [1.82, 2.24) is 5.32 Å². The number of hydrogen-bond acceptors (Lipinski definition) is 5. The minimum atomic E-state index is -1.45. The lowest BCUT2D eigenvalue weighted by Gasteiger charge is -2.29. The van der Waals surface area contributed by atoms with Gasteiger partial charge in [0.25, 0.3) is 0 Å². The molecule has 3 heterocycles. The molecule has 2 saturated heterocycles. The second-order valence-electron chi connectivity index (χ2n) is 8.61. The molecule has 0 radical (unpaired) electrons. The second kappa shape index (κ2) is 7.65. The number of anilines is 2. The Bertz CT molecular complexity index is 1250. The molecule has 2 aromatic carbocycles. The van der Waals surface area contributed by atoms with Gasteiger partial charge in [-0.05, 0) is 43.2 Å². The van der Waals surface area contributed by atoms with Gasteiger partial charge in [0.05, 0.1) is 23.2 Å². The monoisotopic (exact) mass is 530 g/mol. The van der Waals surface area contributed by atoms with Crippen LogP contribution >= 0.6 is 27.5 Å². The maximum atomic E-state index is 13.8. The topological polar surface area (TPSA) is 122 Å². The first-order valence-corrected chi connectivity index (χ1v) is 11.6. The van der Waals surface area contributed by atoms with E-state index in [0.717, 1.165) is 4.90 Å². The number of imide groups is 1. The van der Waals surface area contributed by atoms with Crippen LogP contribution < -0.4 is 21.3 Å². The van der Waals surface area contributed by atoms with Crippen LogP contribution in [0, 0.1) is 18.8 Å². The number of nitrogens with zero attached hydrogens (tertiary/aromatic N) is 1. The van der Waals surface area contributed by atoms with Gasteiger partial charge in [-0.1, -0.05) is 39.7 Å². The quantitative estimate of drug-likeness (QED) is 0.524. The van der Waals surface area contributed by atoms with Crippen LogP contribution in [0.2, 0.25) is 5.02 Å². The molecule has 10 heteroatoms. The first kappa shape index (κ1) is 22.1.